The molecule has 0 aliphatic rings. The second-order valence-corrected chi connectivity index (χ2v) is 3.99. The van der Waals surface area contributed by atoms with E-state index in [4.69, 9.17) is 4.74 Å². The second kappa shape index (κ2) is 7.13. The number of ether oxygens (including phenoxy) is 2. The standard InChI is InChI=1S/C11H10BrF2NO5/c1-2-19-10(16)9-6(5-12)7(15(17)18)3-4-8(9)20-11(13)14/h3-4,11H,2,5H2,1H3. The molecule has 0 saturated carbocycles. The average Bonchev–Trinajstić information content (AvgIpc) is 2.37. The molecule has 0 atom stereocenters. The highest BCUT2D eigenvalue weighted by molar-refractivity contribution is 9.08. The summed E-state index contributed by atoms with van der Waals surface area (Å²) in [7, 11) is 0. The molecule has 0 unspecified atom stereocenters. The van der Waals surface area contributed by atoms with Crippen LogP contribution in [0, 0.1) is 10.1 Å². The van der Waals surface area contributed by atoms with Gasteiger partial charge in [-0.2, -0.15) is 8.78 Å². The first kappa shape index (κ1) is 16.3. The first-order valence-electron chi connectivity index (χ1n) is 5.40. The molecular formula is C11H10BrF2NO5. The molecule has 0 saturated heterocycles. The van der Waals surface area contributed by atoms with Crippen molar-refractivity contribution in [3.8, 4) is 5.75 Å². The van der Waals surface area contributed by atoms with Crippen LogP contribution in [0.4, 0.5) is 14.5 Å². The number of benzene rings is 1. The van der Waals surface area contributed by atoms with Crippen molar-refractivity contribution in [2.24, 2.45) is 0 Å². The van der Waals surface area contributed by atoms with Crippen molar-refractivity contribution in [3.05, 3.63) is 33.4 Å². The highest BCUT2D eigenvalue weighted by Crippen LogP contribution is 2.33. The smallest absolute Gasteiger partial charge is 0.387 e. The Morgan fingerprint density at radius 1 is 1.50 bits per heavy atom. The molecule has 0 radical (unpaired) electrons. The Bertz CT molecular complexity index is 524. The quantitative estimate of drug-likeness (QED) is 0.339. The fraction of sp³-hybridized carbons (Fsp3) is 0.364. The van der Waals surface area contributed by atoms with Crippen LogP contribution in [0.5, 0.6) is 5.75 Å². The molecule has 0 aliphatic carbocycles. The van der Waals surface area contributed by atoms with E-state index >= 15 is 0 Å². The topological polar surface area (TPSA) is 78.7 Å². The lowest BCUT2D eigenvalue weighted by Gasteiger charge is -2.13. The van der Waals surface area contributed by atoms with Gasteiger partial charge in [-0.05, 0) is 13.0 Å². The molecular weight excluding hydrogens is 344 g/mol. The van der Waals surface area contributed by atoms with Gasteiger partial charge in [-0.15, -0.1) is 0 Å². The fourth-order valence-electron chi connectivity index (χ4n) is 1.54. The summed E-state index contributed by atoms with van der Waals surface area (Å²) in [4.78, 5) is 22.0. The van der Waals surface area contributed by atoms with Crippen LogP contribution in [0.25, 0.3) is 0 Å². The van der Waals surface area contributed by atoms with E-state index in [1.807, 2.05) is 0 Å². The zero-order valence-corrected chi connectivity index (χ0v) is 11.9. The minimum atomic E-state index is -3.16. The zero-order chi connectivity index (χ0) is 15.3. The molecule has 1 rings (SSSR count). The molecule has 0 bridgehead atoms. The lowest BCUT2D eigenvalue weighted by molar-refractivity contribution is -0.385. The number of nitro groups is 1. The van der Waals surface area contributed by atoms with E-state index in [1.165, 1.54) is 6.92 Å². The van der Waals surface area contributed by atoms with Crippen LogP contribution < -0.4 is 4.74 Å². The number of nitrogens with zero attached hydrogens (tertiary/aromatic N) is 1. The van der Waals surface area contributed by atoms with E-state index in [9.17, 15) is 23.7 Å². The molecule has 0 aromatic heterocycles. The van der Waals surface area contributed by atoms with Gasteiger partial charge in [0.15, 0.2) is 0 Å². The number of hydrogen-bond acceptors (Lipinski definition) is 5. The predicted octanol–water partition coefficient (Wildman–Crippen LogP) is 3.27. The molecule has 0 N–H and O–H groups in total. The van der Waals surface area contributed by atoms with Gasteiger partial charge in [-0.3, -0.25) is 10.1 Å². The number of rotatable bonds is 6. The third-order valence-corrected chi connectivity index (χ3v) is 2.84. The molecule has 20 heavy (non-hydrogen) atoms. The molecule has 1 aromatic rings. The van der Waals surface area contributed by atoms with Gasteiger partial charge in [0.1, 0.15) is 11.3 Å². The summed E-state index contributed by atoms with van der Waals surface area (Å²) >= 11 is 2.99. The van der Waals surface area contributed by atoms with Crippen LogP contribution in [0.15, 0.2) is 12.1 Å². The van der Waals surface area contributed by atoms with Crippen LogP contribution in [-0.2, 0) is 10.1 Å². The van der Waals surface area contributed by atoms with Crippen LogP contribution in [0.2, 0.25) is 0 Å². The number of nitro benzene ring substituents is 1. The van der Waals surface area contributed by atoms with E-state index in [1.54, 1.807) is 0 Å². The minimum Gasteiger partial charge on any atom is -0.462 e. The first-order chi connectivity index (χ1) is 9.42. The third kappa shape index (κ3) is 3.62. The number of carbonyl (C=O) groups is 1. The van der Waals surface area contributed by atoms with Crippen molar-refractivity contribution >= 4 is 27.6 Å². The Hall–Kier alpha value is -1.77. The van der Waals surface area contributed by atoms with Crippen molar-refractivity contribution in [1.82, 2.24) is 0 Å². The largest absolute Gasteiger partial charge is 0.462 e. The Balaban J connectivity index is 3.46. The van der Waals surface area contributed by atoms with Gasteiger partial charge in [0.2, 0.25) is 0 Å². The van der Waals surface area contributed by atoms with Crippen LogP contribution in [0.3, 0.4) is 0 Å². The van der Waals surface area contributed by atoms with Gasteiger partial charge in [0.25, 0.3) is 5.69 Å². The lowest BCUT2D eigenvalue weighted by atomic mass is 10.1. The van der Waals surface area contributed by atoms with E-state index in [0.29, 0.717) is 0 Å². The Morgan fingerprint density at radius 2 is 2.15 bits per heavy atom. The monoisotopic (exact) mass is 353 g/mol. The molecule has 0 amide bonds. The summed E-state index contributed by atoms with van der Waals surface area (Å²) in [6, 6.07) is 1.94. The third-order valence-electron chi connectivity index (χ3n) is 2.28. The second-order valence-electron chi connectivity index (χ2n) is 3.43. The van der Waals surface area contributed by atoms with E-state index in [2.05, 4.69) is 20.7 Å². The Labute approximate surface area is 120 Å². The molecule has 1 aromatic carbocycles. The highest BCUT2D eigenvalue weighted by atomic mass is 79.9. The average molecular weight is 354 g/mol. The summed E-state index contributed by atoms with van der Waals surface area (Å²) in [5, 5.41) is 10.8. The minimum absolute atomic E-state index is 0.00261. The van der Waals surface area contributed by atoms with Gasteiger partial charge in [-0.25, -0.2) is 4.79 Å². The van der Waals surface area contributed by atoms with E-state index < -0.39 is 23.3 Å². The van der Waals surface area contributed by atoms with Crippen molar-refractivity contribution in [2.75, 3.05) is 6.61 Å². The molecule has 0 fully saturated rings. The number of esters is 1. The maximum atomic E-state index is 12.3. The Kier molecular flexibility index (Phi) is 5.81. The van der Waals surface area contributed by atoms with Crippen LogP contribution >= 0.6 is 15.9 Å². The van der Waals surface area contributed by atoms with Gasteiger partial charge in [-0.1, -0.05) is 15.9 Å². The number of carbonyl (C=O) groups excluding carboxylic acids is 1. The molecule has 0 spiro atoms. The summed E-state index contributed by atoms with van der Waals surface area (Å²) in [6.07, 6.45) is 0. The Morgan fingerprint density at radius 3 is 2.60 bits per heavy atom. The summed E-state index contributed by atoms with van der Waals surface area (Å²) in [6.45, 7) is -1.64. The van der Waals surface area contributed by atoms with Crippen molar-refractivity contribution in [3.63, 3.8) is 0 Å². The van der Waals surface area contributed by atoms with Crippen molar-refractivity contribution in [2.45, 2.75) is 18.9 Å². The molecule has 9 heteroatoms. The SMILES string of the molecule is CCOC(=O)c1c(OC(F)F)ccc([N+](=O)[O-])c1CBr. The van der Waals surface area contributed by atoms with E-state index in [0.717, 1.165) is 12.1 Å². The molecule has 0 heterocycles. The highest BCUT2D eigenvalue weighted by Gasteiger charge is 2.27. The molecule has 0 aliphatic heterocycles. The van der Waals surface area contributed by atoms with Crippen LogP contribution in [0.1, 0.15) is 22.8 Å². The van der Waals surface area contributed by atoms with Crippen molar-refractivity contribution < 1.29 is 28.0 Å². The normalized spacial score (nSPS) is 10.4. The number of hydrogen-bond donors (Lipinski definition) is 0. The summed E-state index contributed by atoms with van der Waals surface area (Å²) < 4.78 is 33.6. The maximum Gasteiger partial charge on any atom is 0.387 e. The van der Waals surface area contributed by atoms with E-state index in [-0.39, 0.29) is 28.8 Å². The maximum absolute atomic E-state index is 12.3. The van der Waals surface area contributed by atoms with Gasteiger partial charge >= 0.3 is 12.6 Å². The number of alkyl halides is 3. The predicted molar refractivity (Wildman–Crippen MR) is 68.3 cm³/mol. The lowest BCUT2D eigenvalue weighted by Crippen LogP contribution is -2.14. The van der Waals surface area contributed by atoms with Gasteiger partial charge < -0.3 is 9.47 Å². The van der Waals surface area contributed by atoms with Gasteiger partial charge in [0.05, 0.1) is 17.1 Å². The van der Waals surface area contributed by atoms with Crippen molar-refractivity contribution in [1.29, 1.82) is 0 Å². The zero-order valence-electron chi connectivity index (χ0n) is 10.3. The fourth-order valence-corrected chi connectivity index (χ4v) is 2.11. The number of halogens is 3. The van der Waals surface area contributed by atoms with Crippen LogP contribution in [-0.4, -0.2) is 24.1 Å². The van der Waals surface area contributed by atoms with Gasteiger partial charge in [0, 0.05) is 11.4 Å². The summed E-state index contributed by atoms with van der Waals surface area (Å²) in [5.41, 5.74) is -0.837. The first-order valence-corrected chi connectivity index (χ1v) is 6.52. The molecule has 6 nitrogen and oxygen atoms in total. The summed E-state index contributed by atoms with van der Waals surface area (Å²) in [5.74, 6) is -1.42. The molecule has 110 valence electrons.